The molecular formula is C14H26N4. The van der Waals surface area contributed by atoms with Crippen LogP contribution < -0.4 is 5.32 Å². The summed E-state index contributed by atoms with van der Waals surface area (Å²) in [5.41, 5.74) is 0. The van der Waals surface area contributed by atoms with Gasteiger partial charge in [0.2, 0.25) is 0 Å². The molecule has 2 heterocycles. The zero-order valence-electron chi connectivity index (χ0n) is 11.9. The Morgan fingerprint density at radius 3 is 2.94 bits per heavy atom. The van der Waals surface area contributed by atoms with Crippen molar-refractivity contribution < 1.29 is 0 Å². The Labute approximate surface area is 110 Å². The van der Waals surface area contributed by atoms with Crippen LogP contribution >= 0.6 is 0 Å². The van der Waals surface area contributed by atoms with Gasteiger partial charge in [-0.1, -0.05) is 13.8 Å². The number of aromatic nitrogens is 2. The summed E-state index contributed by atoms with van der Waals surface area (Å²) in [4.78, 5) is 6.97. The fourth-order valence-electron chi connectivity index (χ4n) is 2.54. The first-order chi connectivity index (χ1) is 8.66. The van der Waals surface area contributed by atoms with Gasteiger partial charge >= 0.3 is 0 Å². The van der Waals surface area contributed by atoms with Gasteiger partial charge in [-0.15, -0.1) is 0 Å². The molecular weight excluding hydrogens is 224 g/mol. The second-order valence-corrected chi connectivity index (χ2v) is 5.61. The Bertz CT molecular complexity index is 358. The van der Waals surface area contributed by atoms with E-state index in [4.69, 9.17) is 0 Å². The second kappa shape index (κ2) is 6.34. The lowest BCUT2D eigenvalue weighted by Crippen LogP contribution is -2.40. The van der Waals surface area contributed by atoms with Gasteiger partial charge in [0.05, 0.1) is 6.54 Å². The molecule has 102 valence electrons. The van der Waals surface area contributed by atoms with Crippen molar-refractivity contribution >= 4 is 0 Å². The zero-order chi connectivity index (χ0) is 13.0. The van der Waals surface area contributed by atoms with Gasteiger partial charge in [0, 0.05) is 37.6 Å². The van der Waals surface area contributed by atoms with Gasteiger partial charge in [0.15, 0.2) is 0 Å². The molecule has 1 unspecified atom stereocenters. The number of nitrogens with zero attached hydrogens (tertiary/aromatic N) is 3. The predicted molar refractivity (Wildman–Crippen MR) is 74.5 cm³/mol. The largest absolute Gasteiger partial charge is 0.333 e. The van der Waals surface area contributed by atoms with Gasteiger partial charge in [-0.3, -0.25) is 4.90 Å². The monoisotopic (exact) mass is 250 g/mol. The highest BCUT2D eigenvalue weighted by atomic mass is 15.2. The van der Waals surface area contributed by atoms with Crippen LogP contribution in [0.15, 0.2) is 12.4 Å². The van der Waals surface area contributed by atoms with E-state index in [1.165, 1.54) is 18.7 Å². The summed E-state index contributed by atoms with van der Waals surface area (Å²) in [5, 5.41) is 3.48. The van der Waals surface area contributed by atoms with Crippen molar-refractivity contribution in [1.29, 1.82) is 0 Å². The number of hydrogen-bond acceptors (Lipinski definition) is 3. The fraction of sp³-hybridized carbons (Fsp3) is 0.786. The van der Waals surface area contributed by atoms with E-state index in [1.54, 1.807) is 0 Å². The highest BCUT2D eigenvalue weighted by Gasteiger charge is 2.20. The summed E-state index contributed by atoms with van der Waals surface area (Å²) in [5.74, 6) is 1.22. The Kier molecular flexibility index (Phi) is 4.78. The lowest BCUT2D eigenvalue weighted by Gasteiger charge is -2.32. The van der Waals surface area contributed by atoms with E-state index in [2.05, 4.69) is 46.7 Å². The van der Waals surface area contributed by atoms with Crippen LogP contribution in [-0.2, 0) is 13.1 Å². The topological polar surface area (TPSA) is 33.1 Å². The van der Waals surface area contributed by atoms with E-state index in [0.29, 0.717) is 12.1 Å². The minimum absolute atomic E-state index is 0.600. The standard InChI is InChI=1S/C14H26N4/c1-12(2)15-6-4-5-13(3)18-10-9-17-8-7-16-14(17)11-18/h7-8,12-13,15H,4-6,9-11H2,1-3H3. The smallest absolute Gasteiger partial charge is 0.122 e. The molecule has 1 aromatic rings. The Balaban J connectivity index is 1.72. The minimum atomic E-state index is 0.600. The second-order valence-electron chi connectivity index (χ2n) is 5.61. The molecule has 1 aliphatic heterocycles. The van der Waals surface area contributed by atoms with Crippen LogP contribution in [0.3, 0.4) is 0 Å². The summed E-state index contributed by atoms with van der Waals surface area (Å²) in [6.07, 6.45) is 6.52. The summed E-state index contributed by atoms with van der Waals surface area (Å²) in [7, 11) is 0. The molecule has 0 saturated heterocycles. The van der Waals surface area contributed by atoms with Crippen molar-refractivity contribution in [3.63, 3.8) is 0 Å². The van der Waals surface area contributed by atoms with Crippen molar-refractivity contribution in [2.24, 2.45) is 0 Å². The molecule has 0 fully saturated rings. The molecule has 2 rings (SSSR count). The molecule has 0 radical (unpaired) electrons. The van der Waals surface area contributed by atoms with Crippen molar-refractivity contribution in [3.8, 4) is 0 Å². The number of nitrogens with one attached hydrogen (secondary N) is 1. The van der Waals surface area contributed by atoms with E-state index in [9.17, 15) is 0 Å². The minimum Gasteiger partial charge on any atom is -0.333 e. The van der Waals surface area contributed by atoms with Crippen LogP contribution in [0.1, 0.15) is 39.4 Å². The van der Waals surface area contributed by atoms with Gasteiger partial charge < -0.3 is 9.88 Å². The van der Waals surface area contributed by atoms with Gasteiger partial charge in [-0.25, -0.2) is 4.98 Å². The van der Waals surface area contributed by atoms with Crippen molar-refractivity contribution in [2.45, 2.75) is 58.8 Å². The molecule has 0 saturated carbocycles. The molecule has 0 aliphatic carbocycles. The fourth-order valence-corrected chi connectivity index (χ4v) is 2.54. The van der Waals surface area contributed by atoms with Crippen LogP contribution in [0.5, 0.6) is 0 Å². The Morgan fingerprint density at radius 2 is 2.17 bits per heavy atom. The molecule has 0 spiro atoms. The van der Waals surface area contributed by atoms with Crippen LogP contribution in [0.25, 0.3) is 0 Å². The van der Waals surface area contributed by atoms with Gasteiger partial charge in [-0.05, 0) is 26.3 Å². The van der Waals surface area contributed by atoms with Gasteiger partial charge in [0.1, 0.15) is 5.82 Å². The number of fused-ring (bicyclic) bond motifs is 1. The molecule has 1 aromatic heterocycles. The summed E-state index contributed by atoms with van der Waals surface area (Å²) in [6, 6.07) is 1.26. The quantitative estimate of drug-likeness (QED) is 0.782. The van der Waals surface area contributed by atoms with Crippen molar-refractivity contribution in [1.82, 2.24) is 19.8 Å². The third-order valence-electron chi connectivity index (χ3n) is 3.75. The normalized spacial score (nSPS) is 18.0. The average Bonchev–Trinajstić information content (AvgIpc) is 2.81. The average molecular weight is 250 g/mol. The number of rotatable bonds is 6. The van der Waals surface area contributed by atoms with E-state index >= 15 is 0 Å². The maximum absolute atomic E-state index is 4.42. The zero-order valence-corrected chi connectivity index (χ0v) is 11.9. The van der Waals surface area contributed by atoms with Crippen molar-refractivity contribution in [3.05, 3.63) is 18.2 Å². The van der Waals surface area contributed by atoms with Crippen molar-refractivity contribution in [2.75, 3.05) is 13.1 Å². The lowest BCUT2D eigenvalue weighted by molar-refractivity contribution is 0.153. The van der Waals surface area contributed by atoms with Crippen LogP contribution in [-0.4, -0.2) is 39.6 Å². The molecule has 4 heteroatoms. The Morgan fingerprint density at radius 1 is 1.33 bits per heavy atom. The molecule has 1 atom stereocenters. The number of imidazole rings is 1. The predicted octanol–water partition coefficient (Wildman–Crippen LogP) is 1.87. The molecule has 0 bridgehead atoms. The molecule has 0 amide bonds. The van der Waals surface area contributed by atoms with Crippen LogP contribution in [0.2, 0.25) is 0 Å². The first kappa shape index (κ1) is 13.6. The van der Waals surface area contributed by atoms with Gasteiger partial charge in [-0.2, -0.15) is 0 Å². The van der Waals surface area contributed by atoms with Gasteiger partial charge in [0.25, 0.3) is 0 Å². The SMILES string of the molecule is CC(C)NCCCC(C)N1CCn2ccnc2C1. The van der Waals surface area contributed by atoms with Crippen LogP contribution in [0.4, 0.5) is 0 Å². The summed E-state index contributed by atoms with van der Waals surface area (Å²) in [6.45, 7) is 11.1. The molecule has 4 nitrogen and oxygen atoms in total. The third kappa shape index (κ3) is 3.56. The molecule has 1 aliphatic rings. The van der Waals surface area contributed by atoms with E-state index in [1.807, 2.05) is 6.20 Å². The third-order valence-corrected chi connectivity index (χ3v) is 3.75. The molecule has 0 aromatic carbocycles. The summed E-state index contributed by atoms with van der Waals surface area (Å²) < 4.78 is 2.27. The first-order valence-electron chi connectivity index (χ1n) is 7.14. The maximum Gasteiger partial charge on any atom is 0.122 e. The first-order valence-corrected chi connectivity index (χ1v) is 7.14. The molecule has 18 heavy (non-hydrogen) atoms. The van der Waals surface area contributed by atoms with E-state index < -0.39 is 0 Å². The lowest BCUT2D eigenvalue weighted by atomic mass is 10.1. The molecule has 1 N–H and O–H groups in total. The summed E-state index contributed by atoms with van der Waals surface area (Å²) >= 11 is 0. The van der Waals surface area contributed by atoms with E-state index in [-0.39, 0.29) is 0 Å². The highest BCUT2D eigenvalue weighted by molar-refractivity contribution is 4.96. The van der Waals surface area contributed by atoms with Crippen LogP contribution in [0, 0.1) is 0 Å². The Hall–Kier alpha value is -0.870. The number of hydrogen-bond donors (Lipinski definition) is 1. The highest BCUT2D eigenvalue weighted by Crippen LogP contribution is 2.15. The maximum atomic E-state index is 4.42. The van der Waals surface area contributed by atoms with E-state index in [0.717, 1.165) is 26.2 Å².